The monoisotopic (exact) mass is 334 g/mol. The van der Waals surface area contributed by atoms with Crippen LogP contribution in [0.25, 0.3) is 22.0 Å². The van der Waals surface area contributed by atoms with Gasteiger partial charge in [0.1, 0.15) is 5.69 Å². The molecule has 4 rings (SSSR count). The number of nitrogens with zero attached hydrogens (tertiary/aromatic N) is 3. The summed E-state index contributed by atoms with van der Waals surface area (Å²) < 4.78 is 1.48. The van der Waals surface area contributed by atoms with Crippen LogP contribution in [0.1, 0.15) is 15.9 Å². The van der Waals surface area contributed by atoms with Crippen LogP contribution in [0.2, 0.25) is 0 Å². The molecular weight excluding hydrogens is 316 g/mol. The van der Waals surface area contributed by atoms with Gasteiger partial charge in [0.2, 0.25) is 0 Å². The number of nitrogens with two attached hydrogens (primary N) is 1. The smallest absolute Gasteiger partial charge is 0.274 e. The molecule has 1 aliphatic carbocycles. The Labute approximate surface area is 144 Å². The predicted molar refractivity (Wildman–Crippen MR) is 97.8 cm³/mol. The topological polar surface area (TPSA) is 81.2 Å². The van der Waals surface area contributed by atoms with Gasteiger partial charge < -0.3 is 10.6 Å². The maximum atomic E-state index is 12.9. The van der Waals surface area contributed by atoms with E-state index in [9.17, 15) is 9.59 Å². The number of benzene rings is 2. The molecule has 0 radical (unpaired) electrons. The predicted octanol–water partition coefficient (Wildman–Crippen LogP) is 1.75. The highest BCUT2D eigenvalue weighted by Gasteiger charge is 2.29. The maximum absolute atomic E-state index is 12.9. The molecule has 126 valence electrons. The molecule has 6 heteroatoms. The summed E-state index contributed by atoms with van der Waals surface area (Å²) in [5, 5.41) is 5.64. The number of aromatic nitrogens is 2. The van der Waals surface area contributed by atoms with Gasteiger partial charge in [-0.2, -0.15) is 5.10 Å². The molecule has 2 aromatic carbocycles. The lowest BCUT2D eigenvalue weighted by Gasteiger charge is -2.21. The second kappa shape index (κ2) is 5.53. The summed E-state index contributed by atoms with van der Waals surface area (Å²) in [5.74, 6) is -0.154. The van der Waals surface area contributed by atoms with E-state index in [1.165, 1.54) is 4.68 Å². The van der Waals surface area contributed by atoms with Crippen molar-refractivity contribution in [2.75, 3.05) is 26.4 Å². The van der Waals surface area contributed by atoms with E-state index in [-0.39, 0.29) is 11.3 Å². The van der Waals surface area contributed by atoms with Crippen LogP contribution >= 0.6 is 0 Å². The number of fused-ring (bicyclic) bond motifs is 2. The Hall–Kier alpha value is -2.99. The summed E-state index contributed by atoms with van der Waals surface area (Å²) in [6, 6.07) is 10.6. The van der Waals surface area contributed by atoms with Gasteiger partial charge in [-0.1, -0.05) is 24.3 Å². The summed E-state index contributed by atoms with van der Waals surface area (Å²) in [6.45, 7) is 1.17. The minimum Gasteiger partial charge on any atom is -0.398 e. The highest BCUT2D eigenvalue weighted by atomic mass is 16.1. The van der Waals surface area contributed by atoms with E-state index < -0.39 is 0 Å². The first-order valence-electron chi connectivity index (χ1n) is 8.11. The fourth-order valence-corrected chi connectivity index (χ4v) is 3.30. The Kier molecular flexibility index (Phi) is 3.43. The third kappa shape index (κ3) is 2.26. The molecule has 0 saturated heterocycles. The fourth-order valence-electron chi connectivity index (χ4n) is 3.30. The number of carbonyl (C=O) groups is 1. The van der Waals surface area contributed by atoms with Crippen molar-refractivity contribution >= 4 is 22.2 Å². The zero-order valence-corrected chi connectivity index (χ0v) is 14.1. The average Bonchev–Trinajstić information content (AvgIpc) is 2.60. The molecule has 0 bridgehead atoms. The maximum Gasteiger partial charge on any atom is 0.274 e. The van der Waals surface area contributed by atoms with Crippen molar-refractivity contribution in [3.05, 3.63) is 57.9 Å². The number of hydrogen-bond donors (Lipinski definition) is 1. The molecular formula is C19H18N4O2. The van der Waals surface area contributed by atoms with E-state index in [1.807, 2.05) is 37.2 Å². The Bertz CT molecular complexity index is 1080. The van der Waals surface area contributed by atoms with Gasteiger partial charge in [-0.25, -0.2) is 4.68 Å². The van der Waals surface area contributed by atoms with E-state index in [0.29, 0.717) is 46.4 Å². The molecule has 0 unspecified atom stereocenters. The minimum absolute atomic E-state index is 0.154. The largest absolute Gasteiger partial charge is 0.398 e. The highest BCUT2D eigenvalue weighted by Crippen LogP contribution is 2.38. The van der Waals surface area contributed by atoms with Gasteiger partial charge in [0.05, 0.1) is 17.5 Å². The van der Waals surface area contributed by atoms with Crippen molar-refractivity contribution in [1.82, 2.24) is 14.7 Å². The van der Waals surface area contributed by atoms with Gasteiger partial charge in [0.15, 0.2) is 5.78 Å². The van der Waals surface area contributed by atoms with Gasteiger partial charge in [0.25, 0.3) is 5.56 Å². The average molecular weight is 334 g/mol. The molecule has 3 aromatic rings. The molecule has 1 heterocycles. The number of rotatable bonds is 3. The van der Waals surface area contributed by atoms with Crippen molar-refractivity contribution in [2.24, 2.45) is 0 Å². The summed E-state index contributed by atoms with van der Waals surface area (Å²) in [4.78, 5) is 27.7. The zero-order valence-electron chi connectivity index (χ0n) is 14.1. The lowest BCUT2D eigenvalue weighted by Crippen LogP contribution is -2.30. The van der Waals surface area contributed by atoms with Crippen LogP contribution in [0.15, 0.2) is 41.2 Å². The first-order chi connectivity index (χ1) is 12.0. The Morgan fingerprint density at radius 3 is 2.52 bits per heavy atom. The SMILES string of the molecule is CN(C)CCn1nc2c3c(c(N)ccc3c1=O)C(=O)c1ccccc1-2. The number of anilines is 1. The third-order valence-electron chi connectivity index (χ3n) is 4.57. The molecule has 1 aliphatic rings. The number of carbonyl (C=O) groups excluding carboxylic acids is 1. The van der Waals surface area contributed by atoms with Crippen molar-refractivity contribution in [1.29, 1.82) is 0 Å². The van der Waals surface area contributed by atoms with Crippen LogP contribution in [0.3, 0.4) is 0 Å². The lowest BCUT2D eigenvalue weighted by atomic mass is 9.85. The van der Waals surface area contributed by atoms with Gasteiger partial charge in [-0.05, 0) is 26.2 Å². The van der Waals surface area contributed by atoms with Crippen LogP contribution in [-0.2, 0) is 6.54 Å². The molecule has 0 amide bonds. The summed E-state index contributed by atoms with van der Waals surface area (Å²) in [5.41, 5.74) is 8.59. The van der Waals surface area contributed by atoms with Crippen LogP contribution in [0.5, 0.6) is 0 Å². The molecule has 0 spiro atoms. The molecule has 0 atom stereocenters. The first kappa shape index (κ1) is 15.5. The van der Waals surface area contributed by atoms with Gasteiger partial charge in [-0.15, -0.1) is 0 Å². The summed E-state index contributed by atoms with van der Waals surface area (Å²) in [6.07, 6.45) is 0. The van der Waals surface area contributed by atoms with E-state index >= 15 is 0 Å². The molecule has 25 heavy (non-hydrogen) atoms. The third-order valence-corrected chi connectivity index (χ3v) is 4.57. The number of nitrogen functional groups attached to an aromatic ring is 1. The van der Waals surface area contributed by atoms with Crippen LogP contribution in [0, 0.1) is 0 Å². The molecule has 2 N–H and O–H groups in total. The van der Waals surface area contributed by atoms with E-state index in [1.54, 1.807) is 18.2 Å². The van der Waals surface area contributed by atoms with Crippen molar-refractivity contribution in [2.45, 2.75) is 6.54 Å². The van der Waals surface area contributed by atoms with E-state index in [2.05, 4.69) is 5.10 Å². The number of likely N-dealkylation sites (N-methyl/N-ethyl adjacent to an activating group) is 1. The van der Waals surface area contributed by atoms with Crippen molar-refractivity contribution < 1.29 is 4.79 Å². The second-order valence-corrected chi connectivity index (χ2v) is 6.51. The Morgan fingerprint density at radius 1 is 1.08 bits per heavy atom. The van der Waals surface area contributed by atoms with Gasteiger partial charge in [0, 0.05) is 28.7 Å². The van der Waals surface area contributed by atoms with Crippen LogP contribution in [-0.4, -0.2) is 41.1 Å². The van der Waals surface area contributed by atoms with Gasteiger partial charge >= 0.3 is 0 Å². The Balaban J connectivity index is 2.10. The fraction of sp³-hybridized carbons (Fsp3) is 0.211. The number of ketones is 1. The lowest BCUT2D eigenvalue weighted by molar-refractivity contribution is 0.104. The molecule has 1 aromatic heterocycles. The van der Waals surface area contributed by atoms with E-state index in [0.717, 1.165) is 5.56 Å². The molecule has 0 fully saturated rings. The van der Waals surface area contributed by atoms with Crippen molar-refractivity contribution in [3.8, 4) is 11.3 Å². The standard InChI is InChI=1S/C19H18N4O2/c1-22(2)9-10-23-19(25)13-7-8-14(20)16-15(13)17(21-23)11-5-3-4-6-12(11)18(16)24/h3-8H,9-10,20H2,1-2H3. The number of hydrogen-bond acceptors (Lipinski definition) is 5. The van der Waals surface area contributed by atoms with E-state index in [4.69, 9.17) is 5.73 Å². The summed E-state index contributed by atoms with van der Waals surface area (Å²) in [7, 11) is 3.89. The zero-order chi connectivity index (χ0) is 17.7. The Morgan fingerprint density at radius 2 is 1.80 bits per heavy atom. The van der Waals surface area contributed by atoms with Crippen LogP contribution in [0.4, 0.5) is 5.69 Å². The highest BCUT2D eigenvalue weighted by molar-refractivity contribution is 6.27. The first-order valence-corrected chi connectivity index (χ1v) is 8.11. The quantitative estimate of drug-likeness (QED) is 0.577. The van der Waals surface area contributed by atoms with Gasteiger partial charge in [-0.3, -0.25) is 9.59 Å². The van der Waals surface area contributed by atoms with Crippen molar-refractivity contribution in [3.63, 3.8) is 0 Å². The summed E-state index contributed by atoms with van der Waals surface area (Å²) >= 11 is 0. The van der Waals surface area contributed by atoms with Crippen LogP contribution < -0.4 is 11.3 Å². The molecule has 6 nitrogen and oxygen atoms in total. The minimum atomic E-state index is -0.200. The molecule has 0 aliphatic heterocycles. The normalized spacial score (nSPS) is 12.7. The molecule has 0 saturated carbocycles. The second-order valence-electron chi connectivity index (χ2n) is 6.51.